The molecule has 0 aliphatic carbocycles. The van der Waals surface area contributed by atoms with Crippen LogP contribution in [-0.2, 0) is 7.05 Å². The monoisotopic (exact) mass is 413 g/mol. The lowest BCUT2D eigenvalue weighted by molar-refractivity contribution is 0.101. The van der Waals surface area contributed by atoms with Crippen LogP contribution in [0.2, 0.25) is 0 Å². The maximum Gasteiger partial charge on any atom is 0.273 e. The fourth-order valence-electron chi connectivity index (χ4n) is 2.87. The third-order valence-electron chi connectivity index (χ3n) is 4.23. The second kappa shape index (κ2) is 7.80. The molecule has 0 atom stereocenters. The molecule has 3 N–H and O–H groups in total. The Balaban J connectivity index is 0.00000240. The van der Waals surface area contributed by atoms with Crippen molar-refractivity contribution in [1.82, 2.24) is 24.4 Å². The van der Waals surface area contributed by atoms with E-state index >= 15 is 0 Å². The molecule has 0 fully saturated rings. The first kappa shape index (κ1) is 20.2. The number of benzene rings is 1. The molecule has 0 aliphatic rings. The number of hydrogen-bond donors (Lipinski definition) is 2. The minimum atomic E-state index is -0.239. The molecular formula is C19H20ClN7O2. The molecule has 29 heavy (non-hydrogen) atoms. The Hall–Kier alpha value is -3.59. The number of nitrogens with two attached hydrogens (primary N) is 1. The summed E-state index contributed by atoms with van der Waals surface area (Å²) in [7, 11) is 1.74. The summed E-state index contributed by atoms with van der Waals surface area (Å²) >= 11 is 0. The van der Waals surface area contributed by atoms with Crippen molar-refractivity contribution in [1.29, 1.82) is 0 Å². The van der Waals surface area contributed by atoms with Crippen molar-refractivity contribution in [2.75, 3.05) is 11.1 Å². The number of imidazole rings is 1. The molecule has 1 amide bonds. The highest BCUT2D eigenvalue weighted by molar-refractivity contribution is 6.03. The molecule has 3 aromatic heterocycles. The molecule has 0 spiro atoms. The van der Waals surface area contributed by atoms with Gasteiger partial charge in [0.2, 0.25) is 5.88 Å². The quantitative estimate of drug-likeness (QED) is 0.531. The minimum absolute atomic E-state index is 0. The number of aryl methyl sites for hydroxylation is 3. The predicted molar refractivity (Wildman–Crippen MR) is 112 cm³/mol. The molecule has 10 heteroatoms. The van der Waals surface area contributed by atoms with Crippen molar-refractivity contribution in [2.24, 2.45) is 7.05 Å². The van der Waals surface area contributed by atoms with Gasteiger partial charge < -0.3 is 15.8 Å². The lowest BCUT2D eigenvalue weighted by atomic mass is 10.2. The number of amides is 1. The number of carbonyl (C=O) groups excluding carboxylic acids is 1. The van der Waals surface area contributed by atoms with Crippen LogP contribution in [0.25, 0.3) is 5.65 Å². The second-order valence-corrected chi connectivity index (χ2v) is 6.47. The Kier molecular flexibility index (Phi) is 5.42. The fourth-order valence-corrected chi connectivity index (χ4v) is 2.87. The number of aromatic nitrogens is 5. The SMILES string of the molecule is Cc1cc(C(=O)Nc2cc(Oc3ccc4nc(N)cn4n3)ccc2C)n(C)n1.Cl. The molecular weight excluding hydrogens is 394 g/mol. The highest BCUT2D eigenvalue weighted by Crippen LogP contribution is 2.26. The van der Waals surface area contributed by atoms with E-state index in [0.29, 0.717) is 34.5 Å². The van der Waals surface area contributed by atoms with Gasteiger partial charge in [-0.15, -0.1) is 17.5 Å². The van der Waals surface area contributed by atoms with E-state index in [9.17, 15) is 4.79 Å². The molecule has 0 aliphatic heterocycles. The van der Waals surface area contributed by atoms with Crippen molar-refractivity contribution >= 4 is 35.5 Å². The molecule has 9 nitrogen and oxygen atoms in total. The standard InChI is InChI=1S/C19H19N7O2.ClH/c1-11-4-5-13(28-18-7-6-17-22-16(20)10-26(17)24-18)9-14(11)21-19(27)15-8-12(2)23-25(15)3;/h4-10H,20H2,1-3H3,(H,21,27);1H. The predicted octanol–water partition coefficient (Wildman–Crippen LogP) is 3.13. The van der Waals surface area contributed by atoms with Crippen molar-refractivity contribution in [3.8, 4) is 11.6 Å². The van der Waals surface area contributed by atoms with Gasteiger partial charge in [-0.2, -0.15) is 5.10 Å². The van der Waals surface area contributed by atoms with Crippen molar-refractivity contribution in [3.05, 3.63) is 59.5 Å². The highest BCUT2D eigenvalue weighted by Gasteiger charge is 2.14. The molecule has 0 bridgehead atoms. The number of hydrogen-bond acceptors (Lipinski definition) is 6. The molecule has 0 saturated carbocycles. The zero-order chi connectivity index (χ0) is 19.8. The van der Waals surface area contributed by atoms with Crippen molar-refractivity contribution in [2.45, 2.75) is 13.8 Å². The van der Waals surface area contributed by atoms with Gasteiger partial charge in [0, 0.05) is 24.9 Å². The van der Waals surface area contributed by atoms with E-state index in [2.05, 4.69) is 20.5 Å². The lowest BCUT2D eigenvalue weighted by Crippen LogP contribution is -2.16. The Labute approximate surface area is 172 Å². The summed E-state index contributed by atoms with van der Waals surface area (Å²) in [5.74, 6) is 1.07. The average Bonchev–Trinajstić information content (AvgIpc) is 3.17. The number of nitrogens with one attached hydrogen (secondary N) is 1. The number of carbonyl (C=O) groups is 1. The van der Waals surface area contributed by atoms with Gasteiger partial charge >= 0.3 is 0 Å². The van der Waals surface area contributed by atoms with Gasteiger partial charge in [0.15, 0.2) is 5.65 Å². The first-order chi connectivity index (χ1) is 13.4. The number of anilines is 2. The van der Waals surface area contributed by atoms with E-state index in [0.717, 1.165) is 11.3 Å². The maximum atomic E-state index is 12.6. The van der Waals surface area contributed by atoms with Crippen LogP contribution in [0.3, 0.4) is 0 Å². The van der Waals surface area contributed by atoms with Crippen LogP contribution in [0, 0.1) is 13.8 Å². The Morgan fingerprint density at radius 2 is 1.93 bits per heavy atom. The lowest BCUT2D eigenvalue weighted by Gasteiger charge is -2.11. The van der Waals surface area contributed by atoms with Crippen LogP contribution in [0.4, 0.5) is 11.5 Å². The number of fused-ring (bicyclic) bond motifs is 1. The molecule has 4 aromatic rings. The van der Waals surface area contributed by atoms with E-state index < -0.39 is 0 Å². The molecule has 1 aromatic carbocycles. The number of nitrogens with zero attached hydrogens (tertiary/aromatic N) is 5. The topological polar surface area (TPSA) is 112 Å². The molecule has 150 valence electrons. The summed E-state index contributed by atoms with van der Waals surface area (Å²) in [6.07, 6.45) is 1.61. The zero-order valence-electron chi connectivity index (χ0n) is 16.1. The van der Waals surface area contributed by atoms with Gasteiger partial charge in [-0.3, -0.25) is 9.48 Å². The summed E-state index contributed by atoms with van der Waals surface area (Å²) in [6.45, 7) is 3.75. The van der Waals surface area contributed by atoms with Crippen LogP contribution in [0.15, 0.2) is 42.6 Å². The normalized spacial score (nSPS) is 10.6. The summed E-state index contributed by atoms with van der Waals surface area (Å²) < 4.78 is 8.94. The third kappa shape index (κ3) is 4.14. The molecule has 0 unspecified atom stereocenters. The van der Waals surface area contributed by atoms with E-state index in [1.807, 2.05) is 26.0 Å². The number of nitrogen functional groups attached to an aromatic ring is 1. The summed E-state index contributed by atoms with van der Waals surface area (Å²) in [5, 5.41) is 11.4. The summed E-state index contributed by atoms with van der Waals surface area (Å²) in [6, 6.07) is 10.6. The maximum absolute atomic E-state index is 12.6. The third-order valence-corrected chi connectivity index (χ3v) is 4.23. The van der Waals surface area contributed by atoms with E-state index in [-0.39, 0.29) is 18.3 Å². The summed E-state index contributed by atoms with van der Waals surface area (Å²) in [5.41, 5.74) is 9.13. The molecule has 0 saturated heterocycles. The van der Waals surface area contributed by atoms with E-state index in [4.69, 9.17) is 10.5 Å². The minimum Gasteiger partial charge on any atom is -0.438 e. The number of ether oxygens (including phenoxy) is 1. The van der Waals surface area contributed by atoms with Gasteiger partial charge in [-0.1, -0.05) is 6.07 Å². The molecule has 4 rings (SSSR count). The van der Waals surface area contributed by atoms with Crippen molar-refractivity contribution < 1.29 is 9.53 Å². The summed E-state index contributed by atoms with van der Waals surface area (Å²) in [4.78, 5) is 16.7. The van der Waals surface area contributed by atoms with Crippen LogP contribution >= 0.6 is 12.4 Å². The average molecular weight is 414 g/mol. The second-order valence-electron chi connectivity index (χ2n) is 6.47. The first-order valence-electron chi connectivity index (χ1n) is 8.61. The van der Waals surface area contributed by atoms with Gasteiger partial charge in [0.25, 0.3) is 5.91 Å². The largest absolute Gasteiger partial charge is 0.438 e. The smallest absolute Gasteiger partial charge is 0.273 e. The zero-order valence-corrected chi connectivity index (χ0v) is 16.9. The highest BCUT2D eigenvalue weighted by atomic mass is 35.5. The fraction of sp³-hybridized carbons (Fsp3) is 0.158. The Morgan fingerprint density at radius 1 is 1.14 bits per heavy atom. The van der Waals surface area contributed by atoms with Crippen molar-refractivity contribution in [3.63, 3.8) is 0 Å². The van der Waals surface area contributed by atoms with Gasteiger partial charge in [0.1, 0.15) is 17.3 Å². The first-order valence-corrected chi connectivity index (χ1v) is 8.61. The van der Waals surface area contributed by atoms with Crippen LogP contribution in [0.5, 0.6) is 11.6 Å². The Bertz CT molecular complexity index is 1200. The molecule has 0 radical (unpaired) electrons. The van der Waals surface area contributed by atoms with E-state index in [1.165, 1.54) is 0 Å². The van der Waals surface area contributed by atoms with E-state index in [1.54, 1.807) is 46.7 Å². The number of halogens is 1. The van der Waals surface area contributed by atoms with Crippen LogP contribution in [0.1, 0.15) is 21.7 Å². The van der Waals surface area contributed by atoms with Crippen LogP contribution < -0.4 is 15.8 Å². The van der Waals surface area contributed by atoms with Gasteiger partial charge in [-0.25, -0.2) is 9.50 Å². The van der Waals surface area contributed by atoms with Gasteiger partial charge in [-0.05, 0) is 37.6 Å². The van der Waals surface area contributed by atoms with Gasteiger partial charge in [0.05, 0.1) is 11.9 Å². The van der Waals surface area contributed by atoms with Crippen LogP contribution in [-0.4, -0.2) is 30.3 Å². The Morgan fingerprint density at radius 3 is 2.66 bits per heavy atom. The number of rotatable bonds is 4. The molecule has 3 heterocycles.